The zero-order valence-corrected chi connectivity index (χ0v) is 18.2. The molecule has 160 valence electrons. The minimum atomic E-state index is -0.686. The third-order valence-electron chi connectivity index (χ3n) is 5.41. The molecule has 3 aromatic carbocycles. The summed E-state index contributed by atoms with van der Waals surface area (Å²) in [4.78, 5) is 4.74. The number of nitrogens with zero attached hydrogens (tertiary/aromatic N) is 2. The van der Waals surface area contributed by atoms with Crippen molar-refractivity contribution in [1.82, 2.24) is 9.55 Å². The molecule has 0 saturated carbocycles. The molecule has 1 N–H and O–H groups in total. The van der Waals surface area contributed by atoms with E-state index in [2.05, 4.69) is 0 Å². The Labute approximate surface area is 182 Å². The van der Waals surface area contributed by atoms with E-state index in [1.54, 1.807) is 0 Å². The Morgan fingerprint density at radius 1 is 0.839 bits per heavy atom. The highest BCUT2D eigenvalue weighted by atomic mass is 16.5. The first-order valence-electron chi connectivity index (χ1n) is 10.5. The molecule has 1 atom stereocenters. The molecular weight excluding hydrogens is 388 g/mol. The van der Waals surface area contributed by atoms with E-state index in [0.717, 1.165) is 45.0 Å². The molecule has 0 fully saturated rings. The molecule has 0 saturated heterocycles. The van der Waals surface area contributed by atoms with Crippen LogP contribution in [0.5, 0.6) is 11.5 Å². The summed E-state index contributed by atoms with van der Waals surface area (Å²) in [7, 11) is 0. The summed E-state index contributed by atoms with van der Waals surface area (Å²) in [5, 5.41) is 10.8. The third-order valence-corrected chi connectivity index (χ3v) is 5.41. The molecule has 5 heteroatoms. The molecule has 0 amide bonds. The zero-order valence-electron chi connectivity index (χ0n) is 18.2. The van der Waals surface area contributed by atoms with Crippen molar-refractivity contribution >= 4 is 11.0 Å². The second-order valence-corrected chi connectivity index (χ2v) is 7.87. The van der Waals surface area contributed by atoms with Gasteiger partial charge in [0.15, 0.2) is 0 Å². The van der Waals surface area contributed by atoms with Gasteiger partial charge in [0.25, 0.3) is 0 Å². The van der Waals surface area contributed by atoms with E-state index < -0.39 is 6.10 Å². The minimum absolute atomic E-state index is 0.205. The molecule has 4 aromatic rings. The van der Waals surface area contributed by atoms with Crippen molar-refractivity contribution in [2.45, 2.75) is 40.0 Å². The van der Waals surface area contributed by atoms with E-state index in [1.807, 2.05) is 92.1 Å². The number of ether oxygens (including phenoxy) is 2. The molecule has 0 unspecified atom stereocenters. The van der Waals surface area contributed by atoms with Crippen molar-refractivity contribution in [3.05, 3.63) is 89.2 Å². The first-order chi connectivity index (χ1) is 15.0. The number of imidazole rings is 1. The molecule has 5 nitrogen and oxygen atoms in total. The highest BCUT2D eigenvalue weighted by Crippen LogP contribution is 2.24. The van der Waals surface area contributed by atoms with Crippen LogP contribution < -0.4 is 9.47 Å². The number of para-hydroxylation sites is 4. The van der Waals surface area contributed by atoms with Crippen LogP contribution in [-0.2, 0) is 13.2 Å². The lowest BCUT2D eigenvalue weighted by Crippen LogP contribution is -2.25. The molecule has 0 aliphatic rings. The van der Waals surface area contributed by atoms with Crippen LogP contribution in [0.4, 0.5) is 0 Å². The highest BCUT2D eigenvalue weighted by molar-refractivity contribution is 5.75. The van der Waals surface area contributed by atoms with Crippen LogP contribution >= 0.6 is 0 Å². The Morgan fingerprint density at radius 2 is 1.52 bits per heavy atom. The summed E-state index contributed by atoms with van der Waals surface area (Å²) in [5.74, 6) is 2.44. The van der Waals surface area contributed by atoms with Crippen LogP contribution in [0, 0.1) is 20.8 Å². The maximum atomic E-state index is 10.8. The Balaban J connectivity index is 1.52. The average molecular weight is 417 g/mol. The number of aryl methyl sites for hydroxylation is 3. The fourth-order valence-corrected chi connectivity index (χ4v) is 3.77. The van der Waals surface area contributed by atoms with Gasteiger partial charge in [0.2, 0.25) is 0 Å². The average Bonchev–Trinajstić information content (AvgIpc) is 3.10. The summed E-state index contributed by atoms with van der Waals surface area (Å²) >= 11 is 0. The van der Waals surface area contributed by atoms with Crippen LogP contribution in [0.3, 0.4) is 0 Å². The topological polar surface area (TPSA) is 56.5 Å². The molecular formula is C26H28N2O3. The lowest BCUT2D eigenvalue weighted by Gasteiger charge is -2.18. The minimum Gasteiger partial charge on any atom is -0.490 e. The summed E-state index contributed by atoms with van der Waals surface area (Å²) < 4.78 is 14.0. The van der Waals surface area contributed by atoms with E-state index in [-0.39, 0.29) is 6.61 Å². The molecule has 0 radical (unpaired) electrons. The summed E-state index contributed by atoms with van der Waals surface area (Å²) in [6.45, 7) is 6.95. The second-order valence-electron chi connectivity index (χ2n) is 7.87. The van der Waals surface area contributed by atoms with E-state index in [1.165, 1.54) is 0 Å². The van der Waals surface area contributed by atoms with Gasteiger partial charge in [-0.05, 0) is 55.7 Å². The number of aromatic nitrogens is 2. The van der Waals surface area contributed by atoms with Gasteiger partial charge in [-0.25, -0.2) is 4.98 Å². The van der Waals surface area contributed by atoms with E-state index in [0.29, 0.717) is 13.2 Å². The monoisotopic (exact) mass is 416 g/mol. The van der Waals surface area contributed by atoms with Gasteiger partial charge >= 0.3 is 0 Å². The summed E-state index contributed by atoms with van der Waals surface area (Å²) in [6.07, 6.45) is -0.686. The van der Waals surface area contributed by atoms with Crippen molar-refractivity contribution in [2.24, 2.45) is 0 Å². The smallest absolute Gasteiger partial charge is 0.148 e. The van der Waals surface area contributed by atoms with Gasteiger partial charge in [0, 0.05) is 0 Å². The first kappa shape index (κ1) is 20.9. The fourth-order valence-electron chi connectivity index (χ4n) is 3.77. The van der Waals surface area contributed by atoms with Gasteiger partial charge in [0.05, 0.1) is 17.6 Å². The maximum Gasteiger partial charge on any atom is 0.148 e. The van der Waals surface area contributed by atoms with Crippen molar-refractivity contribution in [3.8, 4) is 11.5 Å². The largest absolute Gasteiger partial charge is 0.490 e. The SMILES string of the molecule is Cc1ccccc1OCc1nc2ccccc2n1C[C@H](O)COc1c(C)cccc1C. The van der Waals surface area contributed by atoms with Crippen LogP contribution in [0.1, 0.15) is 22.5 Å². The predicted molar refractivity (Wildman–Crippen MR) is 123 cm³/mol. The number of aliphatic hydroxyl groups is 1. The van der Waals surface area contributed by atoms with Gasteiger partial charge < -0.3 is 19.1 Å². The molecule has 0 aliphatic heterocycles. The molecule has 1 aromatic heterocycles. The maximum absolute atomic E-state index is 10.8. The molecule has 4 rings (SSSR count). The van der Waals surface area contributed by atoms with Gasteiger partial charge in [0.1, 0.15) is 36.6 Å². The number of benzene rings is 3. The molecule has 0 spiro atoms. The normalized spacial score (nSPS) is 12.1. The quantitative estimate of drug-likeness (QED) is 0.440. The Hall–Kier alpha value is -3.31. The summed E-state index contributed by atoms with van der Waals surface area (Å²) in [5.41, 5.74) is 5.05. The molecule has 0 aliphatic carbocycles. The van der Waals surface area contributed by atoms with Crippen molar-refractivity contribution in [2.75, 3.05) is 6.61 Å². The lowest BCUT2D eigenvalue weighted by molar-refractivity contribution is 0.0911. The van der Waals surface area contributed by atoms with Gasteiger partial charge in [-0.3, -0.25) is 0 Å². The summed E-state index contributed by atoms with van der Waals surface area (Å²) in [6, 6.07) is 21.9. The standard InChI is InChI=1S/C26H28N2O3/c1-18-9-4-7-14-24(18)30-17-25-27-22-12-5-6-13-23(22)28(25)15-21(29)16-31-26-19(2)10-8-11-20(26)3/h4-14,21,29H,15-17H2,1-3H3/t21-/m0/s1. The van der Waals surface area contributed by atoms with Crippen LogP contribution in [-0.4, -0.2) is 27.4 Å². The van der Waals surface area contributed by atoms with Crippen LogP contribution in [0.2, 0.25) is 0 Å². The Morgan fingerprint density at radius 3 is 2.29 bits per heavy atom. The number of aliphatic hydroxyl groups excluding tert-OH is 1. The molecule has 31 heavy (non-hydrogen) atoms. The lowest BCUT2D eigenvalue weighted by atomic mass is 10.1. The van der Waals surface area contributed by atoms with E-state index in [9.17, 15) is 5.11 Å². The zero-order chi connectivity index (χ0) is 21.8. The number of hydrogen-bond acceptors (Lipinski definition) is 4. The molecule has 1 heterocycles. The Bertz CT molecular complexity index is 1160. The number of fused-ring (bicyclic) bond motifs is 1. The highest BCUT2D eigenvalue weighted by Gasteiger charge is 2.16. The van der Waals surface area contributed by atoms with Crippen molar-refractivity contribution in [3.63, 3.8) is 0 Å². The third kappa shape index (κ3) is 4.72. The first-order valence-corrected chi connectivity index (χ1v) is 10.5. The number of rotatable bonds is 8. The van der Waals surface area contributed by atoms with Crippen molar-refractivity contribution < 1.29 is 14.6 Å². The molecule has 0 bridgehead atoms. The Kier molecular flexibility index (Phi) is 6.23. The van der Waals surface area contributed by atoms with Crippen LogP contribution in [0.25, 0.3) is 11.0 Å². The van der Waals surface area contributed by atoms with E-state index >= 15 is 0 Å². The van der Waals surface area contributed by atoms with Crippen LogP contribution in [0.15, 0.2) is 66.7 Å². The number of hydrogen-bond donors (Lipinski definition) is 1. The fraction of sp³-hybridized carbons (Fsp3) is 0.269. The van der Waals surface area contributed by atoms with Crippen molar-refractivity contribution in [1.29, 1.82) is 0 Å². The second kappa shape index (κ2) is 9.23. The predicted octanol–water partition coefficient (Wildman–Crippen LogP) is 4.98. The van der Waals surface area contributed by atoms with Gasteiger partial charge in [-0.2, -0.15) is 0 Å². The van der Waals surface area contributed by atoms with Gasteiger partial charge in [-0.1, -0.05) is 48.5 Å². The van der Waals surface area contributed by atoms with E-state index in [4.69, 9.17) is 14.5 Å². The van der Waals surface area contributed by atoms with Gasteiger partial charge in [-0.15, -0.1) is 0 Å².